The topological polar surface area (TPSA) is 70.6 Å². The second-order valence-electron chi connectivity index (χ2n) is 4.23. The van der Waals surface area contributed by atoms with E-state index in [0.717, 1.165) is 16.8 Å². The number of nitrogens with two attached hydrogens (primary N) is 1. The molecule has 20 heavy (non-hydrogen) atoms. The number of oxime groups is 1. The maximum absolute atomic E-state index is 8.81. The van der Waals surface area contributed by atoms with E-state index in [1.54, 1.807) is 11.8 Å². The van der Waals surface area contributed by atoms with E-state index in [0.29, 0.717) is 6.54 Å². The van der Waals surface area contributed by atoms with Gasteiger partial charge in [0.2, 0.25) is 0 Å². The number of benzene rings is 2. The van der Waals surface area contributed by atoms with Gasteiger partial charge in [-0.05, 0) is 30.0 Å². The highest BCUT2D eigenvalue weighted by Gasteiger charge is 2.06. The zero-order chi connectivity index (χ0) is 14.4. The predicted octanol–water partition coefficient (Wildman–Crippen LogP) is 3.12. The zero-order valence-corrected chi connectivity index (χ0v) is 12.0. The first-order chi connectivity index (χ1) is 9.74. The van der Waals surface area contributed by atoms with Crippen molar-refractivity contribution in [2.45, 2.75) is 11.4 Å². The number of anilines is 1. The van der Waals surface area contributed by atoms with Gasteiger partial charge in [0.1, 0.15) is 0 Å². The fraction of sp³-hybridized carbons (Fsp3) is 0.133. The maximum Gasteiger partial charge on any atom is 0.170 e. The summed E-state index contributed by atoms with van der Waals surface area (Å²) in [6.07, 6.45) is 2.05. The molecule has 2 aromatic carbocycles. The minimum Gasteiger partial charge on any atom is -0.409 e. The van der Waals surface area contributed by atoms with E-state index >= 15 is 0 Å². The fourth-order valence-corrected chi connectivity index (χ4v) is 2.37. The van der Waals surface area contributed by atoms with Gasteiger partial charge in [0.05, 0.1) is 0 Å². The van der Waals surface area contributed by atoms with E-state index in [1.807, 2.05) is 42.7 Å². The van der Waals surface area contributed by atoms with Crippen molar-refractivity contribution in [2.75, 3.05) is 11.6 Å². The number of amidine groups is 1. The molecule has 0 aliphatic carbocycles. The quantitative estimate of drug-likeness (QED) is 0.260. The molecule has 0 atom stereocenters. The van der Waals surface area contributed by atoms with Gasteiger partial charge in [0.25, 0.3) is 0 Å². The van der Waals surface area contributed by atoms with E-state index in [4.69, 9.17) is 10.9 Å². The molecule has 0 radical (unpaired) electrons. The Kier molecular flexibility index (Phi) is 4.90. The highest BCUT2D eigenvalue weighted by atomic mass is 32.2. The van der Waals surface area contributed by atoms with Crippen LogP contribution in [0.1, 0.15) is 11.1 Å². The Balaban J connectivity index is 2.14. The van der Waals surface area contributed by atoms with E-state index in [-0.39, 0.29) is 5.84 Å². The molecule has 0 aliphatic heterocycles. The largest absolute Gasteiger partial charge is 0.409 e. The lowest BCUT2D eigenvalue weighted by Gasteiger charge is -2.11. The van der Waals surface area contributed by atoms with Crippen molar-refractivity contribution in [3.05, 3.63) is 59.7 Å². The summed E-state index contributed by atoms with van der Waals surface area (Å²) >= 11 is 1.70. The van der Waals surface area contributed by atoms with Crippen molar-refractivity contribution >= 4 is 23.3 Å². The molecule has 0 bridgehead atoms. The Morgan fingerprint density at radius 3 is 2.80 bits per heavy atom. The summed E-state index contributed by atoms with van der Waals surface area (Å²) < 4.78 is 0. The highest BCUT2D eigenvalue weighted by Crippen LogP contribution is 2.20. The summed E-state index contributed by atoms with van der Waals surface area (Å²) in [5.41, 5.74) is 8.45. The monoisotopic (exact) mass is 287 g/mol. The van der Waals surface area contributed by atoms with Gasteiger partial charge in [-0.1, -0.05) is 35.5 Å². The first-order valence-electron chi connectivity index (χ1n) is 6.18. The van der Waals surface area contributed by atoms with Gasteiger partial charge >= 0.3 is 0 Å². The molecule has 0 unspecified atom stereocenters. The maximum atomic E-state index is 8.81. The van der Waals surface area contributed by atoms with E-state index in [9.17, 15) is 0 Å². The van der Waals surface area contributed by atoms with Crippen molar-refractivity contribution < 1.29 is 5.21 Å². The Bertz CT molecular complexity index is 614. The molecule has 0 saturated carbocycles. The minimum atomic E-state index is 0.125. The van der Waals surface area contributed by atoms with Crippen LogP contribution in [0.15, 0.2) is 58.6 Å². The molecule has 0 saturated heterocycles. The molecule has 0 aromatic heterocycles. The molecule has 0 fully saturated rings. The molecule has 0 aliphatic rings. The lowest BCUT2D eigenvalue weighted by Crippen LogP contribution is -2.16. The molecular formula is C15H17N3OS. The van der Waals surface area contributed by atoms with E-state index in [1.165, 1.54) is 4.90 Å². The van der Waals surface area contributed by atoms with Crippen molar-refractivity contribution in [2.24, 2.45) is 10.9 Å². The van der Waals surface area contributed by atoms with Crippen LogP contribution in [0, 0.1) is 0 Å². The summed E-state index contributed by atoms with van der Waals surface area (Å²) in [4.78, 5) is 1.21. The SMILES string of the molecule is CSc1cccc(NCc2ccccc2C(N)=NO)c1. The van der Waals surface area contributed by atoms with E-state index < -0.39 is 0 Å². The first-order valence-corrected chi connectivity index (χ1v) is 7.41. The molecular weight excluding hydrogens is 270 g/mol. The molecule has 0 spiro atoms. The van der Waals surface area contributed by atoms with Gasteiger partial charge in [-0.15, -0.1) is 11.8 Å². The predicted molar refractivity (Wildman–Crippen MR) is 84.5 cm³/mol. The van der Waals surface area contributed by atoms with Gasteiger partial charge in [-0.2, -0.15) is 0 Å². The van der Waals surface area contributed by atoms with Crippen LogP contribution in [0.2, 0.25) is 0 Å². The molecule has 0 heterocycles. The normalized spacial score (nSPS) is 11.3. The average molecular weight is 287 g/mol. The molecule has 4 nitrogen and oxygen atoms in total. The number of hydrogen-bond acceptors (Lipinski definition) is 4. The molecule has 2 aromatic rings. The molecule has 5 heteroatoms. The van der Waals surface area contributed by atoms with Crippen molar-refractivity contribution in [3.63, 3.8) is 0 Å². The third-order valence-corrected chi connectivity index (χ3v) is 3.68. The van der Waals surface area contributed by atoms with Crippen molar-refractivity contribution in [1.82, 2.24) is 0 Å². The molecule has 104 valence electrons. The van der Waals surface area contributed by atoms with Crippen LogP contribution < -0.4 is 11.1 Å². The van der Waals surface area contributed by atoms with Crippen LogP contribution in [0.25, 0.3) is 0 Å². The number of thioether (sulfide) groups is 1. The van der Waals surface area contributed by atoms with E-state index in [2.05, 4.69) is 22.6 Å². The molecule has 4 N–H and O–H groups in total. The van der Waals surface area contributed by atoms with Gasteiger partial charge in [0, 0.05) is 22.7 Å². The van der Waals surface area contributed by atoms with Gasteiger partial charge in [-0.25, -0.2) is 0 Å². The Morgan fingerprint density at radius 1 is 1.25 bits per heavy atom. The van der Waals surface area contributed by atoms with Crippen LogP contribution in [-0.4, -0.2) is 17.3 Å². The third kappa shape index (κ3) is 3.45. The summed E-state index contributed by atoms with van der Waals surface area (Å²) in [6, 6.07) is 15.8. The van der Waals surface area contributed by atoms with Gasteiger partial charge < -0.3 is 16.3 Å². The Labute approximate surface area is 122 Å². The van der Waals surface area contributed by atoms with Crippen LogP contribution in [0.5, 0.6) is 0 Å². The minimum absolute atomic E-state index is 0.125. The third-order valence-electron chi connectivity index (χ3n) is 2.95. The first kappa shape index (κ1) is 14.3. The summed E-state index contributed by atoms with van der Waals surface area (Å²) in [6.45, 7) is 0.615. The number of nitrogens with one attached hydrogen (secondary N) is 1. The van der Waals surface area contributed by atoms with Gasteiger partial charge in [0.15, 0.2) is 5.84 Å². The number of nitrogens with zero attached hydrogens (tertiary/aromatic N) is 1. The Morgan fingerprint density at radius 2 is 2.05 bits per heavy atom. The fourth-order valence-electron chi connectivity index (χ4n) is 1.91. The lowest BCUT2D eigenvalue weighted by atomic mass is 10.1. The van der Waals surface area contributed by atoms with Crippen molar-refractivity contribution in [3.8, 4) is 0 Å². The Hall–Kier alpha value is -2.14. The number of rotatable bonds is 5. The average Bonchev–Trinajstić information content (AvgIpc) is 2.52. The smallest absolute Gasteiger partial charge is 0.170 e. The van der Waals surface area contributed by atoms with Crippen LogP contribution in [0.3, 0.4) is 0 Å². The summed E-state index contributed by atoms with van der Waals surface area (Å²) in [5, 5.41) is 15.2. The second-order valence-corrected chi connectivity index (χ2v) is 5.11. The zero-order valence-electron chi connectivity index (χ0n) is 11.2. The number of hydrogen-bond donors (Lipinski definition) is 3. The molecule has 0 amide bonds. The van der Waals surface area contributed by atoms with Crippen LogP contribution in [0.4, 0.5) is 5.69 Å². The van der Waals surface area contributed by atoms with Crippen LogP contribution in [-0.2, 0) is 6.54 Å². The lowest BCUT2D eigenvalue weighted by molar-refractivity contribution is 0.318. The summed E-state index contributed by atoms with van der Waals surface area (Å²) in [5.74, 6) is 0.125. The summed E-state index contributed by atoms with van der Waals surface area (Å²) in [7, 11) is 0. The van der Waals surface area contributed by atoms with Gasteiger partial charge in [-0.3, -0.25) is 0 Å². The second kappa shape index (κ2) is 6.86. The highest BCUT2D eigenvalue weighted by molar-refractivity contribution is 7.98. The molecule has 2 rings (SSSR count). The van der Waals surface area contributed by atoms with Crippen molar-refractivity contribution in [1.29, 1.82) is 0 Å². The van der Waals surface area contributed by atoms with Crippen LogP contribution >= 0.6 is 11.8 Å². The standard InChI is InChI=1S/C15H17N3OS/c1-20-13-7-4-6-12(9-13)17-10-11-5-2-3-8-14(11)15(16)18-19/h2-9,17,19H,10H2,1H3,(H2,16,18).